The van der Waals surface area contributed by atoms with Crippen molar-refractivity contribution in [3.63, 3.8) is 0 Å². The SMILES string of the molecule is COc1ncccc1Nc1c(NC(C)(C)C)c(=O)c1=O. The topological polar surface area (TPSA) is 80.3 Å². The van der Waals surface area contributed by atoms with Crippen LogP contribution < -0.4 is 26.2 Å². The lowest BCUT2D eigenvalue weighted by atomic mass is 10.1. The van der Waals surface area contributed by atoms with Gasteiger partial charge in [0.25, 0.3) is 10.9 Å². The van der Waals surface area contributed by atoms with E-state index < -0.39 is 10.9 Å². The molecule has 0 aliphatic carbocycles. The molecule has 0 unspecified atom stereocenters. The summed E-state index contributed by atoms with van der Waals surface area (Å²) >= 11 is 0. The first-order valence-corrected chi connectivity index (χ1v) is 6.21. The summed E-state index contributed by atoms with van der Waals surface area (Å²) in [5.74, 6) is 0.363. The maximum atomic E-state index is 11.7. The van der Waals surface area contributed by atoms with Crippen molar-refractivity contribution in [2.24, 2.45) is 0 Å². The maximum Gasteiger partial charge on any atom is 0.253 e. The summed E-state index contributed by atoms with van der Waals surface area (Å²) in [7, 11) is 1.49. The highest BCUT2D eigenvalue weighted by Crippen LogP contribution is 2.27. The molecule has 2 aromatic rings. The lowest BCUT2D eigenvalue weighted by Crippen LogP contribution is -2.41. The number of hydrogen-bond acceptors (Lipinski definition) is 6. The molecule has 0 saturated heterocycles. The van der Waals surface area contributed by atoms with E-state index in [0.717, 1.165) is 0 Å². The van der Waals surface area contributed by atoms with Crippen molar-refractivity contribution in [3.05, 3.63) is 38.8 Å². The zero-order chi connectivity index (χ0) is 14.9. The number of methoxy groups -OCH3 is 1. The Labute approximate surface area is 116 Å². The van der Waals surface area contributed by atoms with Gasteiger partial charge >= 0.3 is 0 Å². The highest BCUT2D eigenvalue weighted by Gasteiger charge is 2.25. The standard InChI is InChI=1S/C14H17N3O3/c1-14(2,3)17-10-9(11(18)12(10)19)16-8-6-5-7-15-13(8)20-4/h5-7,16-17H,1-4H3. The van der Waals surface area contributed by atoms with Crippen molar-refractivity contribution < 1.29 is 4.74 Å². The van der Waals surface area contributed by atoms with E-state index in [1.54, 1.807) is 18.3 Å². The molecular formula is C14H17N3O3. The van der Waals surface area contributed by atoms with Gasteiger partial charge < -0.3 is 15.4 Å². The number of anilines is 3. The van der Waals surface area contributed by atoms with E-state index in [1.165, 1.54) is 7.11 Å². The van der Waals surface area contributed by atoms with Crippen molar-refractivity contribution in [1.29, 1.82) is 0 Å². The Bertz CT molecular complexity index is 694. The normalized spacial score (nSPS) is 11.4. The van der Waals surface area contributed by atoms with Gasteiger partial charge in [0.05, 0.1) is 7.11 Å². The van der Waals surface area contributed by atoms with Crippen molar-refractivity contribution in [1.82, 2.24) is 4.98 Å². The summed E-state index contributed by atoms with van der Waals surface area (Å²) < 4.78 is 5.10. The van der Waals surface area contributed by atoms with Crippen LogP contribution in [0.2, 0.25) is 0 Å². The second kappa shape index (κ2) is 4.96. The zero-order valence-electron chi connectivity index (χ0n) is 11.9. The number of rotatable bonds is 4. The Balaban J connectivity index is 2.33. The molecule has 1 aromatic carbocycles. The molecule has 20 heavy (non-hydrogen) atoms. The molecular weight excluding hydrogens is 258 g/mol. The molecule has 0 aliphatic rings. The van der Waals surface area contributed by atoms with Gasteiger partial charge in [-0.15, -0.1) is 0 Å². The Kier molecular flexibility index (Phi) is 3.48. The molecule has 2 N–H and O–H groups in total. The van der Waals surface area contributed by atoms with Crippen molar-refractivity contribution >= 4 is 17.1 Å². The molecule has 0 fully saturated rings. The predicted molar refractivity (Wildman–Crippen MR) is 78.8 cm³/mol. The van der Waals surface area contributed by atoms with Gasteiger partial charge in [0, 0.05) is 11.7 Å². The van der Waals surface area contributed by atoms with E-state index in [-0.39, 0.29) is 11.2 Å². The van der Waals surface area contributed by atoms with Crippen LogP contribution in [0, 0.1) is 0 Å². The Morgan fingerprint density at radius 3 is 2.40 bits per heavy atom. The van der Waals surface area contributed by atoms with Gasteiger partial charge in [0.2, 0.25) is 5.88 Å². The summed E-state index contributed by atoms with van der Waals surface area (Å²) in [4.78, 5) is 27.4. The van der Waals surface area contributed by atoms with E-state index in [0.29, 0.717) is 17.3 Å². The van der Waals surface area contributed by atoms with Crippen LogP contribution in [0.25, 0.3) is 0 Å². The average Bonchev–Trinajstić information content (AvgIpc) is 2.41. The maximum absolute atomic E-state index is 11.7. The molecule has 1 heterocycles. The van der Waals surface area contributed by atoms with Gasteiger partial charge in [-0.3, -0.25) is 9.59 Å². The lowest BCUT2D eigenvalue weighted by Gasteiger charge is -2.25. The fourth-order valence-electron chi connectivity index (χ4n) is 1.79. The highest BCUT2D eigenvalue weighted by molar-refractivity contribution is 5.80. The van der Waals surface area contributed by atoms with Crippen molar-refractivity contribution in [2.75, 3.05) is 17.7 Å². The lowest BCUT2D eigenvalue weighted by molar-refractivity contribution is 0.400. The average molecular weight is 275 g/mol. The second-order valence-electron chi connectivity index (χ2n) is 5.47. The van der Waals surface area contributed by atoms with E-state index in [9.17, 15) is 9.59 Å². The first kappa shape index (κ1) is 14.0. The molecule has 0 atom stereocenters. The van der Waals surface area contributed by atoms with E-state index in [4.69, 9.17) is 4.74 Å². The Morgan fingerprint density at radius 2 is 1.80 bits per heavy atom. The van der Waals surface area contributed by atoms with Crippen LogP contribution in [0.1, 0.15) is 20.8 Å². The fraction of sp³-hybridized carbons (Fsp3) is 0.357. The molecule has 106 valence electrons. The molecule has 0 amide bonds. The number of ether oxygens (including phenoxy) is 1. The van der Waals surface area contributed by atoms with Crippen LogP contribution >= 0.6 is 0 Å². The molecule has 0 aliphatic heterocycles. The number of pyridine rings is 1. The second-order valence-corrected chi connectivity index (χ2v) is 5.47. The van der Waals surface area contributed by atoms with E-state index >= 15 is 0 Å². The van der Waals surface area contributed by atoms with E-state index in [2.05, 4.69) is 15.6 Å². The smallest absolute Gasteiger partial charge is 0.253 e. The van der Waals surface area contributed by atoms with Crippen LogP contribution in [0.4, 0.5) is 17.1 Å². The summed E-state index contributed by atoms with van der Waals surface area (Å²) in [6.45, 7) is 5.75. The molecule has 0 radical (unpaired) electrons. The molecule has 6 heteroatoms. The van der Waals surface area contributed by atoms with Crippen molar-refractivity contribution in [2.45, 2.75) is 26.3 Å². The minimum Gasteiger partial charge on any atom is -0.480 e. The number of aromatic nitrogens is 1. The van der Waals surface area contributed by atoms with Crippen molar-refractivity contribution in [3.8, 4) is 5.88 Å². The first-order chi connectivity index (χ1) is 9.33. The quantitative estimate of drug-likeness (QED) is 0.826. The molecule has 0 saturated carbocycles. The van der Waals surface area contributed by atoms with Gasteiger partial charge in [-0.2, -0.15) is 0 Å². The van der Waals surface area contributed by atoms with Gasteiger partial charge in [-0.25, -0.2) is 4.98 Å². The van der Waals surface area contributed by atoms with Crippen LogP contribution in [0.5, 0.6) is 5.88 Å². The summed E-state index contributed by atoms with van der Waals surface area (Å²) in [6.07, 6.45) is 1.58. The third-order valence-electron chi connectivity index (χ3n) is 2.63. The van der Waals surface area contributed by atoms with Crippen LogP contribution in [0.3, 0.4) is 0 Å². The van der Waals surface area contributed by atoms with Crippen LogP contribution in [0.15, 0.2) is 27.9 Å². The highest BCUT2D eigenvalue weighted by atomic mass is 16.5. The summed E-state index contributed by atoms with van der Waals surface area (Å²) in [5, 5.41) is 5.94. The summed E-state index contributed by atoms with van der Waals surface area (Å²) in [5.41, 5.74) is -0.269. The molecule has 6 nitrogen and oxygen atoms in total. The van der Waals surface area contributed by atoms with Gasteiger partial charge in [0.15, 0.2) is 0 Å². The molecule has 1 aromatic heterocycles. The van der Waals surface area contributed by atoms with Gasteiger partial charge in [-0.05, 0) is 32.9 Å². The minimum absolute atomic E-state index is 0.247. The fourth-order valence-corrected chi connectivity index (χ4v) is 1.79. The molecule has 0 spiro atoms. The van der Waals surface area contributed by atoms with Crippen LogP contribution in [-0.4, -0.2) is 17.6 Å². The monoisotopic (exact) mass is 275 g/mol. The largest absolute Gasteiger partial charge is 0.480 e. The third-order valence-corrected chi connectivity index (χ3v) is 2.63. The zero-order valence-corrected chi connectivity index (χ0v) is 11.9. The van der Waals surface area contributed by atoms with E-state index in [1.807, 2.05) is 20.8 Å². The first-order valence-electron chi connectivity index (χ1n) is 6.21. The molecule has 0 bridgehead atoms. The van der Waals surface area contributed by atoms with Gasteiger partial charge in [0.1, 0.15) is 17.1 Å². The number of nitrogens with one attached hydrogen (secondary N) is 2. The van der Waals surface area contributed by atoms with Crippen LogP contribution in [-0.2, 0) is 0 Å². The predicted octanol–water partition coefficient (Wildman–Crippen LogP) is 1.64. The molecule has 2 rings (SSSR count). The summed E-state index contributed by atoms with van der Waals surface area (Å²) in [6, 6.07) is 3.44. The van der Waals surface area contributed by atoms with Gasteiger partial charge in [-0.1, -0.05) is 0 Å². The minimum atomic E-state index is -0.539. The third kappa shape index (κ3) is 2.64. The number of hydrogen-bond donors (Lipinski definition) is 2. The Hall–Kier alpha value is -2.37. The Morgan fingerprint density at radius 1 is 1.15 bits per heavy atom. The number of nitrogens with zero attached hydrogens (tertiary/aromatic N) is 1.